The highest BCUT2D eigenvalue weighted by molar-refractivity contribution is 8.24. The number of benzene rings is 1. The average Bonchev–Trinajstić information content (AvgIpc) is 3.46. The molecule has 0 heterocycles. The van der Waals surface area contributed by atoms with E-state index in [1.165, 1.54) is 19.3 Å². The lowest BCUT2D eigenvalue weighted by Crippen LogP contribution is -2.27. The van der Waals surface area contributed by atoms with E-state index in [1.54, 1.807) is 38.1 Å². The monoisotopic (exact) mass is 435 g/mol. The van der Waals surface area contributed by atoms with Crippen molar-refractivity contribution in [3.63, 3.8) is 0 Å². The Hall–Kier alpha value is -1.67. The maximum atomic E-state index is 13.2. The Kier molecular flexibility index (Phi) is 6.53. The van der Waals surface area contributed by atoms with Crippen molar-refractivity contribution in [3.8, 4) is 0 Å². The van der Waals surface area contributed by atoms with Gasteiger partial charge in [0.05, 0.1) is 21.1 Å². The molecular weight excluding hydrogens is 406 g/mol. The minimum atomic E-state index is -3.36. The fraction of sp³-hybridized carbons (Fsp3) is 0.571. The minimum Gasteiger partial charge on any atom is -0.378 e. The predicted octanol–water partition coefficient (Wildman–Crippen LogP) is 3.89. The number of carbonyl (C=O) groups excluding carboxylic acids is 1. The lowest BCUT2D eigenvalue weighted by atomic mass is 9.80. The Labute approximate surface area is 177 Å². The number of rotatable bonds is 6. The first-order valence-electron chi connectivity index (χ1n) is 10.1. The van der Waals surface area contributed by atoms with Gasteiger partial charge in [0, 0.05) is 0 Å². The molecule has 1 aromatic carbocycles. The molecule has 0 aliphatic heterocycles. The summed E-state index contributed by atoms with van der Waals surface area (Å²) >= 11 is 0.914. The zero-order chi connectivity index (χ0) is 21.2. The number of sulfone groups is 1. The van der Waals surface area contributed by atoms with Gasteiger partial charge in [0.2, 0.25) is 0 Å². The Morgan fingerprint density at radius 3 is 2.41 bits per heavy atom. The van der Waals surface area contributed by atoms with Gasteiger partial charge in [-0.15, -0.1) is 0 Å². The number of thioether (sulfide) groups is 1. The summed E-state index contributed by atoms with van der Waals surface area (Å²) < 4.78 is 24.9. The SMILES string of the molecule is CC(C)S(=O)(=O)c1ccc([C@@]2(C(=O)N=C(N)SC=N)C[C@H]2C2CCCCC2)cc1. The predicted molar refractivity (Wildman–Crippen MR) is 118 cm³/mol. The van der Waals surface area contributed by atoms with Gasteiger partial charge in [0.15, 0.2) is 15.0 Å². The summed E-state index contributed by atoms with van der Waals surface area (Å²) in [6.07, 6.45) is 6.58. The Morgan fingerprint density at radius 2 is 1.86 bits per heavy atom. The third-order valence-electron chi connectivity index (χ3n) is 6.33. The third-order valence-corrected chi connectivity index (χ3v) is 8.95. The molecular formula is C21H29N3O3S2. The van der Waals surface area contributed by atoms with Crippen molar-refractivity contribution < 1.29 is 13.2 Å². The molecule has 158 valence electrons. The normalized spacial score (nSPS) is 25.8. The summed E-state index contributed by atoms with van der Waals surface area (Å²) in [7, 11) is -3.36. The second-order valence-electron chi connectivity index (χ2n) is 8.29. The van der Waals surface area contributed by atoms with Gasteiger partial charge < -0.3 is 11.1 Å². The Bertz CT molecular complexity index is 904. The van der Waals surface area contributed by atoms with Gasteiger partial charge in [-0.05, 0) is 61.6 Å². The van der Waals surface area contributed by atoms with E-state index in [9.17, 15) is 13.2 Å². The van der Waals surface area contributed by atoms with Crippen LogP contribution in [-0.4, -0.2) is 30.3 Å². The molecule has 0 radical (unpaired) electrons. The first-order chi connectivity index (χ1) is 13.7. The molecule has 0 saturated heterocycles. The van der Waals surface area contributed by atoms with Crippen molar-refractivity contribution in [2.45, 2.75) is 67.9 Å². The fourth-order valence-corrected chi connectivity index (χ4v) is 5.91. The molecule has 6 nitrogen and oxygen atoms in total. The largest absolute Gasteiger partial charge is 0.378 e. The quantitative estimate of drug-likeness (QED) is 0.520. The van der Waals surface area contributed by atoms with Crippen LogP contribution in [0.4, 0.5) is 0 Å². The highest BCUT2D eigenvalue weighted by Crippen LogP contribution is 2.61. The van der Waals surface area contributed by atoms with Crippen LogP contribution >= 0.6 is 11.8 Å². The number of carbonyl (C=O) groups is 1. The average molecular weight is 436 g/mol. The second-order valence-corrected chi connectivity index (χ2v) is 11.7. The van der Waals surface area contributed by atoms with E-state index < -0.39 is 20.5 Å². The first-order valence-corrected chi connectivity index (χ1v) is 12.5. The van der Waals surface area contributed by atoms with E-state index in [0.717, 1.165) is 42.1 Å². The van der Waals surface area contributed by atoms with Gasteiger partial charge in [0.1, 0.15) is 0 Å². The number of hydrogen-bond acceptors (Lipinski definition) is 5. The van der Waals surface area contributed by atoms with Crippen LogP contribution in [0.25, 0.3) is 0 Å². The standard InChI is InChI=1S/C21H29N3O3S2/c1-14(2)29(26,27)17-10-8-16(9-11-17)21(19(25)24-20(23)28-13-22)12-18(21)15-6-4-3-5-7-15/h8-11,13-15,18,22H,3-7,12H2,1-2H3,(H2,23,24,25)/t18-,21-/m0/s1. The van der Waals surface area contributed by atoms with Crippen LogP contribution in [0.2, 0.25) is 0 Å². The zero-order valence-corrected chi connectivity index (χ0v) is 18.6. The molecule has 0 unspecified atom stereocenters. The first kappa shape index (κ1) is 22.0. The van der Waals surface area contributed by atoms with Crippen molar-refractivity contribution in [2.24, 2.45) is 22.6 Å². The summed E-state index contributed by atoms with van der Waals surface area (Å²) in [5, 5.41) is 6.71. The molecule has 2 aliphatic carbocycles. The van der Waals surface area contributed by atoms with Crippen molar-refractivity contribution in [2.75, 3.05) is 0 Å². The van der Waals surface area contributed by atoms with Gasteiger partial charge in [0.25, 0.3) is 5.91 Å². The molecule has 0 aromatic heterocycles. The lowest BCUT2D eigenvalue weighted by molar-refractivity contribution is -0.120. The van der Waals surface area contributed by atoms with E-state index in [4.69, 9.17) is 11.1 Å². The topological polar surface area (TPSA) is 113 Å². The van der Waals surface area contributed by atoms with E-state index >= 15 is 0 Å². The molecule has 1 aromatic rings. The van der Waals surface area contributed by atoms with Gasteiger partial charge in [-0.25, -0.2) is 8.42 Å². The number of amidine groups is 1. The molecule has 2 atom stereocenters. The number of nitrogens with two attached hydrogens (primary N) is 1. The molecule has 2 aliphatic rings. The van der Waals surface area contributed by atoms with Crippen molar-refractivity contribution >= 4 is 38.2 Å². The fourth-order valence-electron chi connectivity index (χ4n) is 4.60. The van der Waals surface area contributed by atoms with Crippen LogP contribution in [0, 0.1) is 17.2 Å². The zero-order valence-electron chi connectivity index (χ0n) is 16.9. The van der Waals surface area contributed by atoms with E-state index in [1.807, 2.05) is 0 Å². The lowest BCUT2D eigenvalue weighted by Gasteiger charge is -2.25. The van der Waals surface area contributed by atoms with E-state index in [2.05, 4.69) is 4.99 Å². The summed E-state index contributed by atoms with van der Waals surface area (Å²) in [6.45, 7) is 3.32. The molecule has 8 heteroatoms. The molecule has 3 rings (SSSR count). The van der Waals surface area contributed by atoms with Crippen LogP contribution in [0.3, 0.4) is 0 Å². The van der Waals surface area contributed by atoms with Crippen LogP contribution in [0.15, 0.2) is 34.2 Å². The van der Waals surface area contributed by atoms with Gasteiger partial charge in [-0.3, -0.25) is 4.79 Å². The summed E-state index contributed by atoms with van der Waals surface area (Å²) in [4.78, 5) is 17.5. The maximum absolute atomic E-state index is 13.2. The number of nitrogens with one attached hydrogen (secondary N) is 1. The molecule has 2 saturated carbocycles. The van der Waals surface area contributed by atoms with Crippen LogP contribution in [0.1, 0.15) is 57.9 Å². The van der Waals surface area contributed by atoms with Crippen molar-refractivity contribution in [3.05, 3.63) is 29.8 Å². The molecule has 0 bridgehead atoms. The second kappa shape index (κ2) is 8.60. The van der Waals surface area contributed by atoms with E-state index in [0.29, 0.717) is 5.92 Å². The van der Waals surface area contributed by atoms with Crippen LogP contribution in [0.5, 0.6) is 0 Å². The number of aliphatic imine (C=N–C) groups is 1. The molecule has 29 heavy (non-hydrogen) atoms. The number of amides is 1. The summed E-state index contributed by atoms with van der Waals surface area (Å²) in [5.74, 6) is 0.419. The number of nitrogens with zero attached hydrogens (tertiary/aromatic N) is 1. The van der Waals surface area contributed by atoms with Gasteiger partial charge in [-0.2, -0.15) is 4.99 Å². The molecule has 2 fully saturated rings. The minimum absolute atomic E-state index is 0.0673. The van der Waals surface area contributed by atoms with Crippen LogP contribution in [-0.2, 0) is 20.0 Å². The Morgan fingerprint density at radius 1 is 1.24 bits per heavy atom. The Balaban J connectivity index is 1.95. The number of hydrogen-bond donors (Lipinski definition) is 2. The van der Waals surface area contributed by atoms with Crippen molar-refractivity contribution in [1.82, 2.24) is 0 Å². The van der Waals surface area contributed by atoms with Gasteiger partial charge >= 0.3 is 0 Å². The third kappa shape index (κ3) is 4.28. The molecule has 1 amide bonds. The van der Waals surface area contributed by atoms with Crippen LogP contribution < -0.4 is 5.73 Å². The summed E-state index contributed by atoms with van der Waals surface area (Å²) in [6, 6.07) is 6.75. The van der Waals surface area contributed by atoms with E-state index in [-0.39, 0.29) is 21.9 Å². The molecule has 3 N–H and O–H groups in total. The van der Waals surface area contributed by atoms with Gasteiger partial charge in [-0.1, -0.05) is 44.2 Å². The highest BCUT2D eigenvalue weighted by atomic mass is 32.2. The smallest absolute Gasteiger partial charge is 0.259 e. The highest BCUT2D eigenvalue weighted by Gasteiger charge is 2.63. The summed E-state index contributed by atoms with van der Waals surface area (Å²) in [5.41, 5.74) is 6.93. The molecule has 0 spiro atoms. The van der Waals surface area contributed by atoms with Crippen molar-refractivity contribution in [1.29, 1.82) is 5.41 Å². The maximum Gasteiger partial charge on any atom is 0.259 e.